The molecule has 2 N–H and O–H groups in total. The van der Waals surface area contributed by atoms with E-state index in [1.807, 2.05) is 23.6 Å². The molecule has 0 atom stereocenters. The van der Waals surface area contributed by atoms with Crippen LogP contribution >= 0.6 is 11.3 Å². The molecule has 0 aliphatic heterocycles. The van der Waals surface area contributed by atoms with Gasteiger partial charge < -0.3 is 5.32 Å². The van der Waals surface area contributed by atoms with Crippen molar-refractivity contribution in [2.75, 3.05) is 10.6 Å². The summed E-state index contributed by atoms with van der Waals surface area (Å²) in [4.78, 5) is 11.6. The number of anilines is 2. The van der Waals surface area contributed by atoms with E-state index in [4.69, 9.17) is 5.26 Å². The number of carbonyl (C=O) groups is 1. The summed E-state index contributed by atoms with van der Waals surface area (Å²) in [6, 6.07) is 12.1. The fourth-order valence-electron chi connectivity index (χ4n) is 1.25. The van der Waals surface area contributed by atoms with E-state index in [1.54, 1.807) is 24.3 Å². The lowest BCUT2D eigenvalue weighted by molar-refractivity contribution is 0.262. The first kappa shape index (κ1) is 11.2. The molecule has 2 aromatic rings. The lowest BCUT2D eigenvalue weighted by Crippen LogP contribution is -2.18. The molecule has 17 heavy (non-hydrogen) atoms. The summed E-state index contributed by atoms with van der Waals surface area (Å²) in [6.07, 6.45) is 0. The topological polar surface area (TPSA) is 64.9 Å². The van der Waals surface area contributed by atoms with Gasteiger partial charge in [-0.1, -0.05) is 0 Å². The van der Waals surface area contributed by atoms with Gasteiger partial charge in [0, 0.05) is 5.69 Å². The molecule has 0 bridgehead atoms. The smallest absolute Gasteiger partial charge is 0.308 e. The van der Waals surface area contributed by atoms with Crippen molar-refractivity contribution in [3.8, 4) is 6.07 Å². The number of carbonyl (C=O) groups excluding carboxylic acids is 1. The summed E-state index contributed by atoms with van der Waals surface area (Å²) in [5, 5.41) is 16.7. The van der Waals surface area contributed by atoms with Gasteiger partial charge in [0.25, 0.3) is 0 Å². The molecule has 0 radical (unpaired) electrons. The summed E-state index contributed by atoms with van der Waals surface area (Å²) in [5.74, 6) is 0. The molecule has 1 aromatic carbocycles. The lowest BCUT2D eigenvalue weighted by Gasteiger charge is -2.05. The van der Waals surface area contributed by atoms with E-state index in [9.17, 15) is 4.79 Å². The van der Waals surface area contributed by atoms with E-state index in [1.165, 1.54) is 11.3 Å². The molecule has 84 valence electrons. The fourth-order valence-corrected chi connectivity index (χ4v) is 1.86. The number of thiophene rings is 1. The van der Waals surface area contributed by atoms with Crippen molar-refractivity contribution in [2.45, 2.75) is 0 Å². The highest BCUT2D eigenvalue weighted by Crippen LogP contribution is 2.15. The molecule has 5 heteroatoms. The summed E-state index contributed by atoms with van der Waals surface area (Å²) < 4.78 is 0. The van der Waals surface area contributed by atoms with Crippen LogP contribution in [0.4, 0.5) is 15.5 Å². The number of urea groups is 1. The predicted molar refractivity (Wildman–Crippen MR) is 68.1 cm³/mol. The van der Waals surface area contributed by atoms with E-state index < -0.39 is 0 Å². The third-order valence-electron chi connectivity index (χ3n) is 2.03. The molecule has 0 aliphatic rings. The van der Waals surface area contributed by atoms with Crippen molar-refractivity contribution in [1.29, 1.82) is 5.26 Å². The number of rotatable bonds is 2. The molecule has 0 saturated heterocycles. The normalized spacial score (nSPS) is 9.35. The summed E-state index contributed by atoms with van der Waals surface area (Å²) in [5.41, 5.74) is 1.22. The third-order valence-corrected chi connectivity index (χ3v) is 2.82. The Hall–Kier alpha value is -2.32. The van der Waals surface area contributed by atoms with Crippen LogP contribution in [0.1, 0.15) is 5.56 Å². The average Bonchev–Trinajstić information content (AvgIpc) is 2.82. The molecular weight excluding hydrogens is 234 g/mol. The van der Waals surface area contributed by atoms with E-state index in [0.717, 1.165) is 5.00 Å². The van der Waals surface area contributed by atoms with Gasteiger partial charge in [0.1, 0.15) is 0 Å². The third kappa shape index (κ3) is 3.06. The van der Waals surface area contributed by atoms with Crippen molar-refractivity contribution in [2.24, 2.45) is 0 Å². The minimum atomic E-state index is -0.294. The van der Waals surface area contributed by atoms with Gasteiger partial charge in [-0.25, -0.2) is 4.79 Å². The Labute approximate surface area is 103 Å². The number of hydrogen-bond acceptors (Lipinski definition) is 3. The van der Waals surface area contributed by atoms with Gasteiger partial charge in [-0.3, -0.25) is 5.32 Å². The summed E-state index contributed by atoms with van der Waals surface area (Å²) in [6.45, 7) is 0. The highest BCUT2D eigenvalue weighted by atomic mass is 32.1. The Morgan fingerprint density at radius 2 is 1.94 bits per heavy atom. The second-order valence-electron chi connectivity index (χ2n) is 3.25. The van der Waals surface area contributed by atoms with Crippen molar-refractivity contribution in [3.05, 3.63) is 47.3 Å². The Bertz CT molecular complexity index is 540. The molecule has 0 spiro atoms. The highest BCUT2D eigenvalue weighted by molar-refractivity contribution is 7.14. The van der Waals surface area contributed by atoms with Crippen LogP contribution < -0.4 is 10.6 Å². The second kappa shape index (κ2) is 5.14. The number of amides is 2. The number of nitrogens with zero attached hydrogens (tertiary/aromatic N) is 1. The van der Waals surface area contributed by atoms with Crippen LogP contribution in [0.3, 0.4) is 0 Å². The van der Waals surface area contributed by atoms with Crippen molar-refractivity contribution in [1.82, 2.24) is 0 Å². The molecule has 1 aromatic heterocycles. The highest BCUT2D eigenvalue weighted by Gasteiger charge is 2.02. The molecule has 4 nitrogen and oxygen atoms in total. The zero-order valence-electron chi connectivity index (χ0n) is 8.81. The van der Waals surface area contributed by atoms with E-state index in [-0.39, 0.29) is 6.03 Å². The van der Waals surface area contributed by atoms with Gasteiger partial charge in [0.2, 0.25) is 0 Å². The lowest BCUT2D eigenvalue weighted by atomic mass is 10.2. The van der Waals surface area contributed by atoms with Crippen LogP contribution in [0.15, 0.2) is 41.8 Å². The van der Waals surface area contributed by atoms with E-state index in [0.29, 0.717) is 11.3 Å². The summed E-state index contributed by atoms with van der Waals surface area (Å²) >= 11 is 1.45. The Kier molecular flexibility index (Phi) is 3.38. The van der Waals surface area contributed by atoms with Crippen LogP contribution in [0.2, 0.25) is 0 Å². The van der Waals surface area contributed by atoms with Crippen molar-refractivity contribution >= 4 is 28.1 Å². The molecule has 0 fully saturated rings. The van der Waals surface area contributed by atoms with Gasteiger partial charge in [0.15, 0.2) is 0 Å². The van der Waals surface area contributed by atoms with E-state index in [2.05, 4.69) is 10.6 Å². The summed E-state index contributed by atoms with van der Waals surface area (Å²) in [7, 11) is 0. The SMILES string of the molecule is N#Cc1ccc(NC(=O)Nc2cccs2)cc1. The molecule has 2 amide bonds. The van der Waals surface area contributed by atoms with E-state index >= 15 is 0 Å². The molecular formula is C12H9N3OS. The molecule has 0 aliphatic carbocycles. The average molecular weight is 243 g/mol. The van der Waals surface area contributed by atoms with Gasteiger partial charge >= 0.3 is 6.03 Å². The minimum absolute atomic E-state index is 0.294. The Morgan fingerprint density at radius 3 is 2.53 bits per heavy atom. The van der Waals surface area contributed by atoms with Gasteiger partial charge in [-0.15, -0.1) is 11.3 Å². The predicted octanol–water partition coefficient (Wildman–Crippen LogP) is 3.26. The van der Waals surface area contributed by atoms with Crippen LogP contribution in [0.5, 0.6) is 0 Å². The van der Waals surface area contributed by atoms with Gasteiger partial charge in [-0.2, -0.15) is 5.26 Å². The molecule has 2 rings (SSSR count). The van der Waals surface area contributed by atoms with Gasteiger partial charge in [0.05, 0.1) is 16.6 Å². The Balaban J connectivity index is 1.96. The number of nitrogens with one attached hydrogen (secondary N) is 2. The van der Waals surface area contributed by atoms with Gasteiger partial charge in [-0.05, 0) is 41.8 Å². The van der Waals surface area contributed by atoms with Crippen molar-refractivity contribution < 1.29 is 4.79 Å². The van der Waals surface area contributed by atoms with Crippen LogP contribution in [0.25, 0.3) is 0 Å². The Morgan fingerprint density at radius 1 is 1.18 bits per heavy atom. The first-order valence-electron chi connectivity index (χ1n) is 4.89. The molecule has 1 heterocycles. The molecule has 0 saturated carbocycles. The van der Waals surface area contributed by atoms with Crippen LogP contribution in [0, 0.1) is 11.3 Å². The quantitative estimate of drug-likeness (QED) is 0.850. The van der Waals surface area contributed by atoms with Crippen LogP contribution in [-0.4, -0.2) is 6.03 Å². The number of nitriles is 1. The number of benzene rings is 1. The first-order valence-corrected chi connectivity index (χ1v) is 5.77. The maximum atomic E-state index is 11.6. The maximum absolute atomic E-state index is 11.6. The number of hydrogen-bond donors (Lipinski definition) is 2. The van der Waals surface area contributed by atoms with Crippen LogP contribution in [-0.2, 0) is 0 Å². The second-order valence-corrected chi connectivity index (χ2v) is 4.19. The standard InChI is InChI=1S/C12H9N3OS/c13-8-9-3-5-10(6-4-9)14-12(16)15-11-2-1-7-17-11/h1-7H,(H2,14,15,16). The fraction of sp³-hybridized carbons (Fsp3) is 0. The zero-order chi connectivity index (χ0) is 12.1. The zero-order valence-corrected chi connectivity index (χ0v) is 9.62. The minimum Gasteiger partial charge on any atom is -0.308 e. The van der Waals surface area contributed by atoms with Crippen molar-refractivity contribution in [3.63, 3.8) is 0 Å². The monoisotopic (exact) mass is 243 g/mol. The maximum Gasteiger partial charge on any atom is 0.324 e. The molecule has 0 unspecified atom stereocenters. The largest absolute Gasteiger partial charge is 0.324 e. The first-order chi connectivity index (χ1) is 8.28.